The largest absolute Gasteiger partial charge is 0.481 e. The normalized spacial score (nSPS) is 23.4. The lowest BCUT2D eigenvalue weighted by Crippen LogP contribution is -2.37. The lowest BCUT2D eigenvalue weighted by Gasteiger charge is -2.29. The van der Waals surface area contributed by atoms with Crippen LogP contribution in [0.15, 0.2) is 24.7 Å². The summed E-state index contributed by atoms with van der Waals surface area (Å²) in [6, 6.07) is 1.81. The molecule has 3 rings (SSSR count). The SMILES string of the molecule is O=C(O)C1CCCCC1Nc1nccn2nccc12. The quantitative estimate of drug-likeness (QED) is 0.879. The zero-order valence-corrected chi connectivity index (χ0v) is 10.5. The van der Waals surface area contributed by atoms with Crippen molar-refractivity contribution >= 4 is 17.3 Å². The number of aromatic nitrogens is 3. The molecule has 0 amide bonds. The van der Waals surface area contributed by atoms with Gasteiger partial charge in [0, 0.05) is 18.4 Å². The number of rotatable bonds is 3. The third-order valence-electron chi connectivity index (χ3n) is 3.73. The molecule has 6 nitrogen and oxygen atoms in total. The van der Waals surface area contributed by atoms with Crippen LogP contribution in [0.4, 0.5) is 5.82 Å². The van der Waals surface area contributed by atoms with Crippen molar-refractivity contribution in [2.75, 3.05) is 5.32 Å². The number of nitrogens with zero attached hydrogens (tertiary/aromatic N) is 3. The van der Waals surface area contributed by atoms with Crippen molar-refractivity contribution in [3.05, 3.63) is 24.7 Å². The standard InChI is InChI=1S/C13H16N4O2/c18-13(19)9-3-1-2-4-10(9)16-12-11-5-6-15-17(11)8-7-14-12/h5-10H,1-4H2,(H,14,16)(H,18,19). The van der Waals surface area contributed by atoms with Gasteiger partial charge in [0.25, 0.3) is 0 Å². The second-order valence-electron chi connectivity index (χ2n) is 4.92. The van der Waals surface area contributed by atoms with Crippen molar-refractivity contribution in [1.82, 2.24) is 14.6 Å². The van der Waals surface area contributed by atoms with Gasteiger partial charge in [0.05, 0.1) is 12.1 Å². The third-order valence-corrected chi connectivity index (χ3v) is 3.73. The number of carboxylic acid groups (broad SMARTS) is 1. The molecular formula is C13H16N4O2. The van der Waals surface area contributed by atoms with Crippen LogP contribution in [-0.4, -0.2) is 31.7 Å². The van der Waals surface area contributed by atoms with E-state index >= 15 is 0 Å². The summed E-state index contributed by atoms with van der Waals surface area (Å²) in [5.41, 5.74) is 0.872. The topological polar surface area (TPSA) is 79.5 Å². The highest BCUT2D eigenvalue weighted by Crippen LogP contribution is 2.28. The van der Waals surface area contributed by atoms with Gasteiger partial charge in [0.1, 0.15) is 5.52 Å². The minimum Gasteiger partial charge on any atom is -0.481 e. The first-order chi connectivity index (χ1) is 9.25. The van der Waals surface area contributed by atoms with Crippen molar-refractivity contribution < 1.29 is 9.90 Å². The lowest BCUT2D eigenvalue weighted by molar-refractivity contribution is -0.143. The van der Waals surface area contributed by atoms with Gasteiger partial charge in [-0.15, -0.1) is 0 Å². The van der Waals surface area contributed by atoms with Crippen LogP contribution in [0.5, 0.6) is 0 Å². The molecule has 0 bridgehead atoms. The summed E-state index contributed by atoms with van der Waals surface area (Å²) in [6.07, 6.45) is 8.79. The van der Waals surface area contributed by atoms with Crippen molar-refractivity contribution in [2.45, 2.75) is 31.7 Å². The summed E-state index contributed by atoms with van der Waals surface area (Å²) in [6.45, 7) is 0. The Morgan fingerprint density at radius 1 is 1.37 bits per heavy atom. The fourth-order valence-electron chi connectivity index (χ4n) is 2.74. The number of fused-ring (bicyclic) bond motifs is 1. The Kier molecular flexibility index (Phi) is 3.06. The molecule has 19 heavy (non-hydrogen) atoms. The van der Waals surface area contributed by atoms with E-state index in [2.05, 4.69) is 15.4 Å². The maximum atomic E-state index is 11.3. The molecule has 2 aromatic rings. The Morgan fingerprint density at radius 3 is 3.05 bits per heavy atom. The summed E-state index contributed by atoms with van der Waals surface area (Å²) in [5.74, 6) is -0.352. The molecule has 2 atom stereocenters. The Bertz CT molecular complexity index is 595. The second-order valence-corrected chi connectivity index (χ2v) is 4.92. The molecule has 0 aliphatic heterocycles. The number of hydrogen-bond acceptors (Lipinski definition) is 4. The predicted molar refractivity (Wildman–Crippen MR) is 70.0 cm³/mol. The monoisotopic (exact) mass is 260 g/mol. The maximum Gasteiger partial charge on any atom is 0.308 e. The van der Waals surface area contributed by atoms with Crippen LogP contribution in [0, 0.1) is 5.92 Å². The summed E-state index contributed by atoms with van der Waals surface area (Å²) in [5, 5.41) is 16.7. The number of carboxylic acids is 1. The van der Waals surface area contributed by atoms with Crippen LogP contribution >= 0.6 is 0 Å². The molecule has 0 aromatic carbocycles. The van der Waals surface area contributed by atoms with E-state index in [9.17, 15) is 9.90 Å². The maximum absolute atomic E-state index is 11.3. The van der Waals surface area contributed by atoms with Crippen LogP contribution in [0.2, 0.25) is 0 Å². The van der Waals surface area contributed by atoms with E-state index in [1.807, 2.05) is 6.07 Å². The highest BCUT2D eigenvalue weighted by atomic mass is 16.4. The fraction of sp³-hybridized carbons (Fsp3) is 0.462. The van der Waals surface area contributed by atoms with Gasteiger partial charge in [-0.25, -0.2) is 9.50 Å². The van der Waals surface area contributed by atoms with Gasteiger partial charge in [0.15, 0.2) is 5.82 Å². The first kappa shape index (κ1) is 12.0. The molecule has 2 heterocycles. The van der Waals surface area contributed by atoms with Crippen molar-refractivity contribution in [1.29, 1.82) is 0 Å². The van der Waals surface area contributed by atoms with Crippen molar-refractivity contribution in [2.24, 2.45) is 5.92 Å². The molecule has 0 radical (unpaired) electrons. The zero-order chi connectivity index (χ0) is 13.2. The number of anilines is 1. The fourth-order valence-corrected chi connectivity index (χ4v) is 2.74. The smallest absolute Gasteiger partial charge is 0.308 e. The van der Waals surface area contributed by atoms with Gasteiger partial charge in [-0.05, 0) is 18.9 Å². The van der Waals surface area contributed by atoms with Gasteiger partial charge < -0.3 is 10.4 Å². The first-order valence-electron chi connectivity index (χ1n) is 6.53. The van der Waals surface area contributed by atoms with E-state index in [4.69, 9.17) is 0 Å². The average Bonchev–Trinajstić information content (AvgIpc) is 2.88. The molecule has 2 N–H and O–H groups in total. The lowest BCUT2D eigenvalue weighted by atomic mass is 9.84. The van der Waals surface area contributed by atoms with Gasteiger partial charge in [-0.1, -0.05) is 12.8 Å². The molecule has 100 valence electrons. The third kappa shape index (κ3) is 2.25. The highest BCUT2D eigenvalue weighted by Gasteiger charge is 2.31. The van der Waals surface area contributed by atoms with E-state index < -0.39 is 5.97 Å². The molecule has 1 aliphatic rings. The first-order valence-corrected chi connectivity index (χ1v) is 6.53. The van der Waals surface area contributed by atoms with Gasteiger partial charge >= 0.3 is 5.97 Å². The van der Waals surface area contributed by atoms with Crippen molar-refractivity contribution in [3.8, 4) is 0 Å². The summed E-state index contributed by atoms with van der Waals surface area (Å²) in [4.78, 5) is 15.6. The predicted octanol–water partition coefficient (Wildman–Crippen LogP) is 1.78. The minimum absolute atomic E-state index is 0.0557. The Hall–Kier alpha value is -2.11. The minimum atomic E-state index is -0.724. The van der Waals surface area contributed by atoms with E-state index in [0.29, 0.717) is 5.82 Å². The van der Waals surface area contributed by atoms with Crippen LogP contribution in [0.3, 0.4) is 0 Å². The Morgan fingerprint density at radius 2 is 2.21 bits per heavy atom. The van der Waals surface area contributed by atoms with E-state index in [-0.39, 0.29) is 12.0 Å². The Labute approximate surface area is 110 Å². The summed E-state index contributed by atoms with van der Waals surface area (Å²) < 4.78 is 1.73. The molecule has 2 aromatic heterocycles. The van der Waals surface area contributed by atoms with Crippen LogP contribution in [0.25, 0.3) is 5.52 Å². The molecular weight excluding hydrogens is 244 g/mol. The average molecular weight is 260 g/mol. The molecule has 0 spiro atoms. The van der Waals surface area contributed by atoms with Crippen LogP contribution in [-0.2, 0) is 4.79 Å². The van der Waals surface area contributed by atoms with E-state index in [0.717, 1.165) is 31.2 Å². The molecule has 6 heteroatoms. The number of aliphatic carboxylic acids is 1. The van der Waals surface area contributed by atoms with Gasteiger partial charge in [-0.3, -0.25) is 4.79 Å². The summed E-state index contributed by atoms with van der Waals surface area (Å²) in [7, 11) is 0. The molecule has 1 saturated carbocycles. The van der Waals surface area contributed by atoms with Crippen molar-refractivity contribution in [3.63, 3.8) is 0 Å². The molecule has 1 aliphatic carbocycles. The highest BCUT2D eigenvalue weighted by molar-refractivity contribution is 5.73. The molecule has 1 fully saturated rings. The second kappa shape index (κ2) is 4.87. The molecule has 0 saturated heterocycles. The van der Waals surface area contributed by atoms with E-state index in [1.54, 1.807) is 23.1 Å². The van der Waals surface area contributed by atoms with Crippen LogP contribution in [0.1, 0.15) is 25.7 Å². The van der Waals surface area contributed by atoms with Gasteiger partial charge in [0.2, 0.25) is 0 Å². The Balaban J connectivity index is 1.87. The number of carbonyl (C=O) groups is 1. The number of nitrogens with one attached hydrogen (secondary N) is 1. The zero-order valence-electron chi connectivity index (χ0n) is 10.5. The summed E-state index contributed by atoms with van der Waals surface area (Å²) >= 11 is 0. The van der Waals surface area contributed by atoms with Gasteiger partial charge in [-0.2, -0.15) is 5.10 Å². The van der Waals surface area contributed by atoms with E-state index in [1.165, 1.54) is 0 Å². The molecule has 2 unspecified atom stereocenters. The van der Waals surface area contributed by atoms with Crippen LogP contribution < -0.4 is 5.32 Å². The number of hydrogen-bond donors (Lipinski definition) is 2.